The number of carbonyl (C=O) groups excluding carboxylic acids is 2. The third-order valence-electron chi connectivity index (χ3n) is 5.16. The van der Waals surface area contributed by atoms with E-state index in [1.807, 2.05) is 0 Å². The van der Waals surface area contributed by atoms with Crippen molar-refractivity contribution in [2.45, 2.75) is 13.0 Å². The van der Waals surface area contributed by atoms with Crippen LogP contribution in [0.2, 0.25) is 0 Å². The summed E-state index contributed by atoms with van der Waals surface area (Å²) < 4.78 is 25.3. The van der Waals surface area contributed by atoms with Gasteiger partial charge in [0.1, 0.15) is 23.4 Å². The van der Waals surface area contributed by atoms with E-state index in [0.717, 1.165) is 10.1 Å². The van der Waals surface area contributed by atoms with Crippen LogP contribution in [-0.2, 0) is 22.3 Å². The summed E-state index contributed by atoms with van der Waals surface area (Å²) in [5, 5.41) is 12.9. The average molecular weight is 506 g/mol. The SMILES string of the molecule is CN(C)C(=O)Cn1c(=O)c(C(=O)NCCP(=O)(O)O)c(O)c2ncc(Cc3ccc(F)cc3)cc21. The first-order valence-electron chi connectivity index (χ1n) is 10.4. The lowest BCUT2D eigenvalue weighted by Gasteiger charge is -2.17. The predicted octanol–water partition coefficient (Wildman–Crippen LogP) is 0.828. The van der Waals surface area contributed by atoms with Gasteiger partial charge in [0, 0.05) is 26.8 Å². The van der Waals surface area contributed by atoms with Crippen LogP contribution in [0.25, 0.3) is 11.0 Å². The fraction of sp³-hybridized carbons (Fsp3) is 0.273. The standard InChI is InChI=1S/C22H24FN4O7P/c1-26(2)17(28)12-27-16-10-14(9-13-3-5-15(23)6-4-13)11-25-19(16)20(29)18(22(27)31)21(30)24-7-8-35(32,33)34/h3-6,10-11,29H,7-9,12H2,1-2H3,(H,24,30)(H2,32,33,34). The minimum Gasteiger partial charge on any atom is -0.505 e. The van der Waals surface area contributed by atoms with Gasteiger partial charge in [0.05, 0.1) is 11.7 Å². The van der Waals surface area contributed by atoms with Crippen LogP contribution in [0.5, 0.6) is 5.75 Å². The molecule has 2 aromatic heterocycles. The zero-order chi connectivity index (χ0) is 25.9. The van der Waals surface area contributed by atoms with Crippen molar-refractivity contribution < 1.29 is 33.4 Å². The van der Waals surface area contributed by atoms with Crippen LogP contribution in [0.15, 0.2) is 41.3 Å². The Morgan fingerprint density at radius 2 is 1.83 bits per heavy atom. The summed E-state index contributed by atoms with van der Waals surface area (Å²) in [6.45, 7) is -0.895. The molecule has 0 fully saturated rings. The molecule has 0 aliphatic rings. The number of rotatable bonds is 8. The average Bonchev–Trinajstić information content (AvgIpc) is 2.77. The number of fused-ring (bicyclic) bond motifs is 1. The summed E-state index contributed by atoms with van der Waals surface area (Å²) in [6.07, 6.45) is 1.08. The lowest BCUT2D eigenvalue weighted by atomic mass is 10.1. The van der Waals surface area contributed by atoms with Gasteiger partial charge in [0.2, 0.25) is 5.91 Å². The van der Waals surface area contributed by atoms with Crippen LogP contribution in [0.1, 0.15) is 21.5 Å². The van der Waals surface area contributed by atoms with Crippen molar-refractivity contribution in [1.82, 2.24) is 19.8 Å². The van der Waals surface area contributed by atoms with Gasteiger partial charge >= 0.3 is 7.60 Å². The molecular formula is C22H24FN4O7P. The molecule has 3 rings (SSSR count). The van der Waals surface area contributed by atoms with Crippen molar-refractivity contribution >= 4 is 30.4 Å². The Morgan fingerprint density at radius 3 is 2.43 bits per heavy atom. The van der Waals surface area contributed by atoms with Crippen molar-refractivity contribution in [2.24, 2.45) is 0 Å². The lowest BCUT2D eigenvalue weighted by Crippen LogP contribution is -2.37. The molecule has 2 amide bonds. The van der Waals surface area contributed by atoms with Crippen LogP contribution in [0.4, 0.5) is 4.39 Å². The van der Waals surface area contributed by atoms with Gasteiger partial charge in [0.15, 0.2) is 5.75 Å². The van der Waals surface area contributed by atoms with Gasteiger partial charge in [-0.3, -0.25) is 28.5 Å². The number of hydrogen-bond donors (Lipinski definition) is 4. The van der Waals surface area contributed by atoms with Crippen molar-refractivity contribution in [1.29, 1.82) is 0 Å². The number of aromatic hydroxyl groups is 1. The number of nitrogens with zero attached hydrogens (tertiary/aromatic N) is 3. The first kappa shape index (κ1) is 26.0. The topological polar surface area (TPSA) is 162 Å². The molecule has 13 heteroatoms. The van der Waals surface area contributed by atoms with E-state index in [2.05, 4.69) is 10.3 Å². The lowest BCUT2D eigenvalue weighted by molar-refractivity contribution is -0.129. The highest BCUT2D eigenvalue weighted by Crippen LogP contribution is 2.33. The van der Waals surface area contributed by atoms with Gasteiger partial charge in [-0.15, -0.1) is 0 Å². The molecule has 2 heterocycles. The highest BCUT2D eigenvalue weighted by atomic mass is 31.2. The number of likely N-dealkylation sites (N-methyl/N-ethyl adjacent to an activating group) is 1. The maximum absolute atomic E-state index is 13.2. The molecule has 35 heavy (non-hydrogen) atoms. The number of carbonyl (C=O) groups is 2. The van der Waals surface area contributed by atoms with E-state index in [4.69, 9.17) is 9.79 Å². The number of nitrogens with one attached hydrogen (secondary N) is 1. The summed E-state index contributed by atoms with van der Waals surface area (Å²) in [4.78, 5) is 61.7. The largest absolute Gasteiger partial charge is 0.505 e. The quantitative estimate of drug-likeness (QED) is 0.327. The van der Waals surface area contributed by atoms with Gasteiger partial charge < -0.3 is 25.1 Å². The Hall–Kier alpha value is -3.60. The Morgan fingerprint density at radius 1 is 1.17 bits per heavy atom. The first-order valence-corrected chi connectivity index (χ1v) is 12.2. The van der Waals surface area contributed by atoms with Gasteiger partial charge in [-0.05, 0) is 35.7 Å². The second kappa shape index (κ2) is 10.3. The van der Waals surface area contributed by atoms with E-state index in [-0.39, 0.29) is 11.0 Å². The van der Waals surface area contributed by atoms with E-state index in [9.17, 15) is 28.4 Å². The monoisotopic (exact) mass is 506 g/mol. The molecule has 11 nitrogen and oxygen atoms in total. The van der Waals surface area contributed by atoms with Gasteiger partial charge in [-0.2, -0.15) is 0 Å². The van der Waals surface area contributed by atoms with E-state index in [1.165, 1.54) is 37.3 Å². The van der Waals surface area contributed by atoms with E-state index < -0.39 is 61.4 Å². The number of pyridine rings is 2. The van der Waals surface area contributed by atoms with Crippen molar-refractivity contribution in [3.63, 3.8) is 0 Å². The molecule has 0 radical (unpaired) electrons. The Labute approximate surface area is 199 Å². The van der Waals surface area contributed by atoms with Crippen LogP contribution >= 0.6 is 7.60 Å². The number of benzene rings is 1. The van der Waals surface area contributed by atoms with Crippen molar-refractivity contribution in [3.05, 3.63) is 69.4 Å². The minimum atomic E-state index is -4.40. The zero-order valence-electron chi connectivity index (χ0n) is 18.9. The maximum Gasteiger partial charge on any atom is 0.327 e. The molecule has 186 valence electrons. The highest BCUT2D eigenvalue weighted by Gasteiger charge is 2.25. The molecule has 0 saturated carbocycles. The smallest absolute Gasteiger partial charge is 0.327 e. The molecule has 0 unspecified atom stereocenters. The zero-order valence-corrected chi connectivity index (χ0v) is 19.8. The number of amides is 2. The third kappa shape index (κ3) is 6.30. The van der Waals surface area contributed by atoms with Gasteiger partial charge in [-0.1, -0.05) is 12.1 Å². The molecular weight excluding hydrogens is 482 g/mol. The Bertz CT molecular complexity index is 1380. The normalized spacial score (nSPS) is 11.5. The maximum atomic E-state index is 13.2. The van der Waals surface area contributed by atoms with Crippen LogP contribution in [-0.4, -0.2) is 68.0 Å². The van der Waals surface area contributed by atoms with E-state index >= 15 is 0 Å². The van der Waals surface area contributed by atoms with Gasteiger partial charge in [0.25, 0.3) is 11.5 Å². The Balaban J connectivity index is 2.10. The van der Waals surface area contributed by atoms with E-state index in [1.54, 1.807) is 18.2 Å². The van der Waals surface area contributed by atoms with Crippen LogP contribution in [0, 0.1) is 5.82 Å². The summed E-state index contributed by atoms with van der Waals surface area (Å²) in [7, 11) is -1.42. The summed E-state index contributed by atoms with van der Waals surface area (Å²) in [5.74, 6) is -2.64. The van der Waals surface area contributed by atoms with Crippen LogP contribution in [0.3, 0.4) is 0 Å². The first-order chi connectivity index (χ1) is 16.4. The predicted molar refractivity (Wildman–Crippen MR) is 125 cm³/mol. The number of aromatic nitrogens is 2. The second-order valence-electron chi connectivity index (χ2n) is 8.06. The fourth-order valence-corrected chi connectivity index (χ4v) is 3.73. The molecule has 0 aliphatic carbocycles. The summed E-state index contributed by atoms with van der Waals surface area (Å²) in [5.41, 5.74) is -0.315. The molecule has 0 atom stereocenters. The summed E-state index contributed by atoms with van der Waals surface area (Å²) >= 11 is 0. The molecule has 4 N–H and O–H groups in total. The number of halogens is 1. The molecule has 0 saturated heterocycles. The number of hydrogen-bond acceptors (Lipinski definition) is 6. The van der Waals surface area contributed by atoms with Crippen molar-refractivity contribution in [3.8, 4) is 5.75 Å². The fourth-order valence-electron chi connectivity index (χ4n) is 3.32. The molecule has 0 spiro atoms. The molecule has 1 aromatic carbocycles. The van der Waals surface area contributed by atoms with E-state index in [0.29, 0.717) is 12.0 Å². The molecule has 0 aliphatic heterocycles. The minimum absolute atomic E-state index is 0.106. The Kier molecular flexibility index (Phi) is 7.69. The molecule has 0 bridgehead atoms. The summed E-state index contributed by atoms with van der Waals surface area (Å²) in [6, 6.07) is 7.33. The molecule has 3 aromatic rings. The van der Waals surface area contributed by atoms with Crippen LogP contribution < -0.4 is 10.9 Å². The second-order valence-corrected chi connectivity index (χ2v) is 9.84. The highest BCUT2D eigenvalue weighted by molar-refractivity contribution is 7.51. The van der Waals surface area contributed by atoms with Gasteiger partial charge in [-0.25, -0.2) is 4.39 Å². The van der Waals surface area contributed by atoms with Crippen molar-refractivity contribution in [2.75, 3.05) is 26.8 Å². The third-order valence-corrected chi connectivity index (χ3v) is 5.97.